The maximum atomic E-state index is 12.5. The van der Waals surface area contributed by atoms with Gasteiger partial charge in [-0.2, -0.15) is 0 Å². The van der Waals surface area contributed by atoms with Crippen molar-refractivity contribution in [1.82, 2.24) is 10.2 Å². The minimum Gasteiger partial charge on any atom is -0.494 e. The first-order chi connectivity index (χ1) is 12.6. The summed E-state index contributed by atoms with van der Waals surface area (Å²) < 4.78 is 5.42. The fourth-order valence-corrected chi connectivity index (χ4v) is 3.13. The number of benzene rings is 2. The van der Waals surface area contributed by atoms with Crippen LogP contribution < -0.4 is 10.1 Å². The molecule has 136 valence electrons. The van der Waals surface area contributed by atoms with Crippen molar-refractivity contribution in [2.24, 2.45) is 0 Å². The number of nitrogens with one attached hydrogen (secondary N) is 1. The van der Waals surface area contributed by atoms with Crippen molar-refractivity contribution in [2.45, 2.75) is 32.9 Å². The van der Waals surface area contributed by atoms with Crippen LogP contribution in [-0.4, -0.2) is 35.9 Å². The molecule has 0 bridgehead atoms. The molecule has 2 aromatic rings. The second-order valence-corrected chi connectivity index (χ2v) is 6.38. The van der Waals surface area contributed by atoms with Crippen LogP contribution in [0.4, 0.5) is 0 Å². The van der Waals surface area contributed by atoms with E-state index in [1.807, 2.05) is 55.5 Å². The van der Waals surface area contributed by atoms with E-state index in [4.69, 9.17) is 4.74 Å². The molecule has 1 N–H and O–H groups in total. The van der Waals surface area contributed by atoms with E-state index in [1.54, 1.807) is 11.8 Å². The Morgan fingerprint density at radius 1 is 1.19 bits per heavy atom. The van der Waals surface area contributed by atoms with Crippen molar-refractivity contribution in [2.75, 3.05) is 13.2 Å². The van der Waals surface area contributed by atoms with Crippen molar-refractivity contribution in [3.05, 3.63) is 65.2 Å². The largest absolute Gasteiger partial charge is 0.494 e. The van der Waals surface area contributed by atoms with Crippen molar-refractivity contribution in [3.63, 3.8) is 0 Å². The van der Waals surface area contributed by atoms with Gasteiger partial charge >= 0.3 is 0 Å². The van der Waals surface area contributed by atoms with Crippen LogP contribution in [0.1, 0.15) is 35.3 Å². The highest BCUT2D eigenvalue weighted by Gasteiger charge is 2.33. The summed E-state index contributed by atoms with van der Waals surface area (Å²) in [6.45, 7) is 5.39. The normalized spacial score (nSPS) is 14.1. The van der Waals surface area contributed by atoms with Crippen LogP contribution in [0.25, 0.3) is 0 Å². The van der Waals surface area contributed by atoms with E-state index < -0.39 is 6.04 Å². The summed E-state index contributed by atoms with van der Waals surface area (Å²) in [6, 6.07) is 14.9. The quantitative estimate of drug-likeness (QED) is 0.834. The lowest BCUT2D eigenvalue weighted by Gasteiger charge is -2.23. The van der Waals surface area contributed by atoms with Gasteiger partial charge in [0.15, 0.2) is 0 Å². The van der Waals surface area contributed by atoms with Crippen molar-refractivity contribution < 1.29 is 14.3 Å². The Balaban J connectivity index is 1.50. The molecule has 2 amide bonds. The molecule has 2 aromatic carbocycles. The lowest BCUT2D eigenvalue weighted by Crippen LogP contribution is -2.45. The summed E-state index contributed by atoms with van der Waals surface area (Å²) >= 11 is 0. The summed E-state index contributed by atoms with van der Waals surface area (Å²) in [4.78, 5) is 26.5. The van der Waals surface area contributed by atoms with Crippen LogP contribution in [0.15, 0.2) is 48.5 Å². The average Bonchev–Trinajstić information content (AvgIpc) is 3.00. The smallest absolute Gasteiger partial charge is 0.255 e. The molecular weight excluding hydrogens is 328 g/mol. The monoisotopic (exact) mass is 352 g/mol. The highest BCUT2D eigenvalue weighted by atomic mass is 16.5. The summed E-state index contributed by atoms with van der Waals surface area (Å²) in [5.74, 6) is 0.646. The number of ether oxygens (including phenoxy) is 1. The van der Waals surface area contributed by atoms with Gasteiger partial charge in [-0.25, -0.2) is 0 Å². The van der Waals surface area contributed by atoms with Crippen LogP contribution in [-0.2, 0) is 17.8 Å². The van der Waals surface area contributed by atoms with Gasteiger partial charge in [-0.15, -0.1) is 0 Å². The molecule has 0 radical (unpaired) electrons. The topological polar surface area (TPSA) is 58.6 Å². The molecule has 1 atom stereocenters. The molecule has 3 rings (SSSR count). The Labute approximate surface area is 154 Å². The minimum absolute atomic E-state index is 0.0743. The van der Waals surface area contributed by atoms with Gasteiger partial charge in [0.05, 0.1) is 6.61 Å². The SMILES string of the molecule is CCOc1ccc(CCNC(=O)[C@H](C)N2Cc3ccccc3C2=O)cc1. The lowest BCUT2D eigenvalue weighted by atomic mass is 10.1. The molecule has 5 nitrogen and oxygen atoms in total. The van der Waals surface area contributed by atoms with Crippen molar-refractivity contribution in [3.8, 4) is 5.75 Å². The van der Waals surface area contributed by atoms with Gasteiger partial charge in [-0.05, 0) is 49.6 Å². The molecule has 0 saturated carbocycles. The summed E-state index contributed by atoms with van der Waals surface area (Å²) in [7, 11) is 0. The Kier molecular flexibility index (Phi) is 5.56. The third kappa shape index (κ3) is 3.87. The molecule has 0 unspecified atom stereocenters. The highest BCUT2D eigenvalue weighted by Crippen LogP contribution is 2.24. The Bertz CT molecular complexity index is 786. The van der Waals surface area contributed by atoms with E-state index in [0.717, 1.165) is 23.3 Å². The Morgan fingerprint density at radius 2 is 1.92 bits per heavy atom. The molecule has 0 aliphatic carbocycles. The summed E-state index contributed by atoms with van der Waals surface area (Å²) in [6.07, 6.45) is 0.735. The predicted octanol–water partition coefficient (Wildman–Crippen LogP) is 2.79. The first-order valence-electron chi connectivity index (χ1n) is 8.98. The Morgan fingerprint density at radius 3 is 2.62 bits per heavy atom. The molecule has 1 aliphatic rings. The van der Waals surface area contributed by atoms with Crippen molar-refractivity contribution >= 4 is 11.8 Å². The number of nitrogens with zero attached hydrogens (tertiary/aromatic N) is 1. The number of hydrogen-bond acceptors (Lipinski definition) is 3. The number of hydrogen-bond donors (Lipinski definition) is 1. The fourth-order valence-electron chi connectivity index (χ4n) is 3.13. The molecule has 26 heavy (non-hydrogen) atoms. The molecule has 1 heterocycles. The van der Waals surface area contributed by atoms with Gasteiger partial charge in [0.1, 0.15) is 11.8 Å². The maximum absolute atomic E-state index is 12.5. The lowest BCUT2D eigenvalue weighted by molar-refractivity contribution is -0.125. The number of carbonyl (C=O) groups is 2. The van der Waals surface area contributed by atoms with Gasteiger partial charge in [0.25, 0.3) is 5.91 Å². The Hall–Kier alpha value is -2.82. The van der Waals surface area contributed by atoms with E-state index in [-0.39, 0.29) is 11.8 Å². The predicted molar refractivity (Wildman–Crippen MR) is 100 cm³/mol. The van der Waals surface area contributed by atoms with E-state index >= 15 is 0 Å². The van der Waals surface area contributed by atoms with Crippen LogP contribution >= 0.6 is 0 Å². The van der Waals surface area contributed by atoms with E-state index in [2.05, 4.69) is 5.32 Å². The second-order valence-electron chi connectivity index (χ2n) is 6.38. The molecule has 1 aliphatic heterocycles. The van der Waals surface area contributed by atoms with Gasteiger partial charge < -0.3 is 15.0 Å². The van der Waals surface area contributed by atoms with E-state index in [1.165, 1.54) is 0 Å². The highest BCUT2D eigenvalue weighted by molar-refractivity contribution is 6.01. The first kappa shape index (κ1) is 18.0. The molecule has 0 saturated heterocycles. The third-order valence-corrected chi connectivity index (χ3v) is 4.64. The number of carbonyl (C=O) groups excluding carboxylic acids is 2. The zero-order valence-electron chi connectivity index (χ0n) is 15.2. The molecule has 0 spiro atoms. The zero-order chi connectivity index (χ0) is 18.5. The average molecular weight is 352 g/mol. The zero-order valence-corrected chi connectivity index (χ0v) is 15.2. The van der Waals surface area contributed by atoms with Gasteiger partial charge in [-0.1, -0.05) is 30.3 Å². The van der Waals surface area contributed by atoms with Crippen LogP contribution in [0.5, 0.6) is 5.75 Å². The van der Waals surface area contributed by atoms with Gasteiger partial charge in [-0.3, -0.25) is 9.59 Å². The number of rotatable bonds is 7. The third-order valence-electron chi connectivity index (χ3n) is 4.64. The second kappa shape index (κ2) is 8.04. The van der Waals surface area contributed by atoms with Crippen LogP contribution in [0.3, 0.4) is 0 Å². The molecule has 0 fully saturated rings. The standard InChI is InChI=1S/C21H24N2O3/c1-3-26-18-10-8-16(9-11-18)12-13-22-20(24)15(2)23-14-17-6-4-5-7-19(17)21(23)25/h4-11,15H,3,12-14H2,1-2H3,(H,22,24)/t15-/m0/s1. The van der Waals surface area contributed by atoms with Crippen molar-refractivity contribution in [1.29, 1.82) is 0 Å². The van der Waals surface area contributed by atoms with Crippen LogP contribution in [0.2, 0.25) is 0 Å². The first-order valence-corrected chi connectivity index (χ1v) is 8.98. The minimum atomic E-state index is -0.491. The van der Waals surface area contributed by atoms with E-state index in [9.17, 15) is 9.59 Å². The number of amides is 2. The number of fused-ring (bicyclic) bond motifs is 1. The fraction of sp³-hybridized carbons (Fsp3) is 0.333. The van der Waals surface area contributed by atoms with Crippen LogP contribution in [0, 0.1) is 0 Å². The molecule has 0 aromatic heterocycles. The molecule has 5 heteroatoms. The van der Waals surface area contributed by atoms with Gasteiger partial charge in [0, 0.05) is 18.7 Å². The summed E-state index contributed by atoms with van der Waals surface area (Å²) in [5, 5.41) is 2.93. The maximum Gasteiger partial charge on any atom is 0.255 e. The van der Waals surface area contributed by atoms with Gasteiger partial charge in [0.2, 0.25) is 5.91 Å². The summed E-state index contributed by atoms with van der Waals surface area (Å²) in [5.41, 5.74) is 2.80. The molecular formula is C21H24N2O3. The van der Waals surface area contributed by atoms with E-state index in [0.29, 0.717) is 25.3 Å².